The standard InChI is InChI=1S/C21H37N5S/c1-4-22-21(23-11-16-27-20-9-7-6-8-10-20)24-17-19(3)18-26-14-12-25(5-2)13-15-26/h6-10,19H,4-5,11-18H2,1-3H3,(H2,22,23,24). The molecule has 0 aliphatic carbocycles. The van der Waals surface area contributed by atoms with E-state index in [4.69, 9.17) is 4.99 Å². The Morgan fingerprint density at radius 1 is 1.07 bits per heavy atom. The van der Waals surface area contributed by atoms with Crippen molar-refractivity contribution in [3.05, 3.63) is 30.3 Å². The molecule has 0 spiro atoms. The molecule has 0 bridgehead atoms. The van der Waals surface area contributed by atoms with Crippen molar-refractivity contribution >= 4 is 17.7 Å². The van der Waals surface area contributed by atoms with Gasteiger partial charge in [-0.15, -0.1) is 11.8 Å². The van der Waals surface area contributed by atoms with Crippen molar-refractivity contribution in [2.45, 2.75) is 25.7 Å². The number of hydrogen-bond acceptors (Lipinski definition) is 4. The summed E-state index contributed by atoms with van der Waals surface area (Å²) in [6.45, 7) is 16.5. The zero-order chi connectivity index (χ0) is 19.3. The molecule has 0 radical (unpaired) electrons. The summed E-state index contributed by atoms with van der Waals surface area (Å²) in [7, 11) is 0. The Hall–Kier alpha value is -1.24. The molecular formula is C21H37N5S. The molecule has 1 heterocycles. The summed E-state index contributed by atoms with van der Waals surface area (Å²) in [5, 5.41) is 6.82. The van der Waals surface area contributed by atoms with Crippen LogP contribution < -0.4 is 10.6 Å². The molecule has 152 valence electrons. The average Bonchev–Trinajstić information content (AvgIpc) is 2.70. The summed E-state index contributed by atoms with van der Waals surface area (Å²) in [4.78, 5) is 11.2. The van der Waals surface area contributed by atoms with Crippen LogP contribution in [0.1, 0.15) is 20.8 Å². The SMILES string of the molecule is CCNC(=NCC(C)CN1CCN(CC)CC1)NCCSc1ccccc1. The Morgan fingerprint density at radius 2 is 1.78 bits per heavy atom. The lowest BCUT2D eigenvalue weighted by Gasteiger charge is -2.35. The van der Waals surface area contributed by atoms with Gasteiger partial charge in [-0.1, -0.05) is 32.0 Å². The van der Waals surface area contributed by atoms with E-state index in [0.717, 1.165) is 37.9 Å². The van der Waals surface area contributed by atoms with E-state index < -0.39 is 0 Å². The lowest BCUT2D eigenvalue weighted by molar-refractivity contribution is 0.125. The molecule has 27 heavy (non-hydrogen) atoms. The molecule has 5 nitrogen and oxygen atoms in total. The van der Waals surface area contributed by atoms with E-state index in [2.05, 4.69) is 71.5 Å². The molecule has 1 fully saturated rings. The van der Waals surface area contributed by atoms with Crippen molar-refractivity contribution in [1.82, 2.24) is 20.4 Å². The smallest absolute Gasteiger partial charge is 0.191 e. The number of likely N-dealkylation sites (N-methyl/N-ethyl adjacent to an activating group) is 1. The van der Waals surface area contributed by atoms with Crippen LogP contribution in [0.2, 0.25) is 0 Å². The third kappa shape index (κ3) is 9.00. The molecule has 0 saturated carbocycles. The van der Waals surface area contributed by atoms with Crippen LogP contribution in [0.4, 0.5) is 0 Å². The second kappa shape index (κ2) is 13.0. The molecule has 2 N–H and O–H groups in total. The van der Waals surface area contributed by atoms with Gasteiger partial charge in [0.1, 0.15) is 0 Å². The first-order chi connectivity index (χ1) is 13.2. The number of thioether (sulfide) groups is 1. The Kier molecular flexibility index (Phi) is 10.6. The van der Waals surface area contributed by atoms with E-state index in [0.29, 0.717) is 5.92 Å². The monoisotopic (exact) mass is 391 g/mol. The Labute approximate surface area is 170 Å². The van der Waals surface area contributed by atoms with Crippen molar-refractivity contribution in [3.63, 3.8) is 0 Å². The summed E-state index contributed by atoms with van der Waals surface area (Å²) in [5.41, 5.74) is 0. The molecule has 1 aromatic rings. The van der Waals surface area contributed by atoms with Gasteiger partial charge in [0.2, 0.25) is 0 Å². The predicted molar refractivity (Wildman–Crippen MR) is 119 cm³/mol. The second-order valence-electron chi connectivity index (χ2n) is 7.15. The minimum atomic E-state index is 0.576. The molecule has 2 rings (SSSR count). The number of piperazine rings is 1. The number of benzene rings is 1. The molecule has 0 amide bonds. The molecule has 6 heteroatoms. The maximum absolute atomic E-state index is 4.80. The fraction of sp³-hybridized carbons (Fsp3) is 0.667. The van der Waals surface area contributed by atoms with E-state index in [1.165, 1.54) is 37.6 Å². The Bertz CT molecular complexity index is 529. The van der Waals surface area contributed by atoms with Gasteiger partial charge >= 0.3 is 0 Å². The molecule has 1 aliphatic rings. The molecule has 1 saturated heterocycles. The highest BCUT2D eigenvalue weighted by molar-refractivity contribution is 7.99. The van der Waals surface area contributed by atoms with Gasteiger partial charge in [0.05, 0.1) is 0 Å². The zero-order valence-corrected chi connectivity index (χ0v) is 18.1. The van der Waals surface area contributed by atoms with Crippen LogP contribution in [0.15, 0.2) is 40.2 Å². The molecular weight excluding hydrogens is 354 g/mol. The summed E-state index contributed by atoms with van der Waals surface area (Å²) >= 11 is 1.87. The van der Waals surface area contributed by atoms with E-state index in [-0.39, 0.29) is 0 Å². The van der Waals surface area contributed by atoms with Crippen LogP contribution >= 0.6 is 11.8 Å². The fourth-order valence-electron chi connectivity index (χ4n) is 3.23. The minimum absolute atomic E-state index is 0.576. The van der Waals surface area contributed by atoms with Gasteiger partial charge in [0.15, 0.2) is 5.96 Å². The first-order valence-corrected chi connectivity index (χ1v) is 11.3. The number of rotatable bonds is 10. The number of aliphatic imine (C=N–C) groups is 1. The summed E-state index contributed by atoms with van der Waals surface area (Å²) in [6.07, 6.45) is 0. The Morgan fingerprint density at radius 3 is 2.44 bits per heavy atom. The third-order valence-corrected chi connectivity index (χ3v) is 5.81. The summed E-state index contributed by atoms with van der Waals surface area (Å²) < 4.78 is 0. The Balaban J connectivity index is 1.67. The molecule has 1 atom stereocenters. The maximum atomic E-state index is 4.80. The van der Waals surface area contributed by atoms with Crippen LogP contribution in [0.3, 0.4) is 0 Å². The first-order valence-electron chi connectivity index (χ1n) is 10.4. The highest BCUT2D eigenvalue weighted by Crippen LogP contribution is 2.15. The van der Waals surface area contributed by atoms with Gasteiger partial charge in [0, 0.05) is 63.0 Å². The van der Waals surface area contributed by atoms with Crippen molar-refractivity contribution in [2.75, 3.05) is 64.7 Å². The minimum Gasteiger partial charge on any atom is -0.357 e. The van der Waals surface area contributed by atoms with Gasteiger partial charge < -0.3 is 20.4 Å². The lowest BCUT2D eigenvalue weighted by atomic mass is 10.1. The van der Waals surface area contributed by atoms with E-state index in [1.807, 2.05) is 11.8 Å². The molecule has 1 unspecified atom stereocenters. The second-order valence-corrected chi connectivity index (χ2v) is 8.32. The number of guanidine groups is 1. The van der Waals surface area contributed by atoms with Crippen LogP contribution in [0, 0.1) is 5.92 Å². The number of nitrogens with one attached hydrogen (secondary N) is 2. The molecule has 1 aliphatic heterocycles. The highest BCUT2D eigenvalue weighted by Gasteiger charge is 2.17. The zero-order valence-electron chi connectivity index (χ0n) is 17.3. The van der Waals surface area contributed by atoms with Crippen molar-refractivity contribution < 1.29 is 0 Å². The average molecular weight is 392 g/mol. The van der Waals surface area contributed by atoms with Gasteiger partial charge in [-0.25, -0.2) is 0 Å². The van der Waals surface area contributed by atoms with E-state index in [9.17, 15) is 0 Å². The molecule has 1 aromatic carbocycles. The summed E-state index contributed by atoms with van der Waals surface area (Å²) in [5.74, 6) is 2.55. The van der Waals surface area contributed by atoms with Crippen molar-refractivity contribution in [2.24, 2.45) is 10.9 Å². The summed E-state index contributed by atoms with van der Waals surface area (Å²) in [6, 6.07) is 10.6. The quantitative estimate of drug-likeness (QED) is 0.278. The maximum Gasteiger partial charge on any atom is 0.191 e. The first kappa shape index (κ1) is 22.1. The van der Waals surface area contributed by atoms with Gasteiger partial charge in [0.25, 0.3) is 0 Å². The lowest BCUT2D eigenvalue weighted by Crippen LogP contribution is -2.47. The van der Waals surface area contributed by atoms with Crippen LogP contribution in [0.25, 0.3) is 0 Å². The van der Waals surface area contributed by atoms with Gasteiger partial charge in [-0.2, -0.15) is 0 Å². The highest BCUT2D eigenvalue weighted by atomic mass is 32.2. The third-order valence-electron chi connectivity index (χ3n) is 4.79. The largest absolute Gasteiger partial charge is 0.357 e. The van der Waals surface area contributed by atoms with Crippen LogP contribution in [0.5, 0.6) is 0 Å². The van der Waals surface area contributed by atoms with Crippen molar-refractivity contribution in [3.8, 4) is 0 Å². The fourth-order valence-corrected chi connectivity index (χ4v) is 4.02. The van der Waals surface area contributed by atoms with Gasteiger partial charge in [-0.05, 0) is 31.5 Å². The van der Waals surface area contributed by atoms with E-state index in [1.54, 1.807) is 0 Å². The number of hydrogen-bond donors (Lipinski definition) is 2. The topological polar surface area (TPSA) is 42.9 Å². The van der Waals surface area contributed by atoms with E-state index >= 15 is 0 Å². The van der Waals surface area contributed by atoms with Gasteiger partial charge in [-0.3, -0.25) is 4.99 Å². The normalized spacial score (nSPS) is 17.7. The predicted octanol–water partition coefficient (Wildman–Crippen LogP) is 2.61. The van der Waals surface area contributed by atoms with Crippen LogP contribution in [-0.2, 0) is 0 Å². The van der Waals surface area contributed by atoms with Crippen LogP contribution in [-0.4, -0.2) is 80.4 Å². The number of nitrogens with zero attached hydrogens (tertiary/aromatic N) is 3. The van der Waals surface area contributed by atoms with Crippen molar-refractivity contribution in [1.29, 1.82) is 0 Å². The molecule has 0 aromatic heterocycles.